The fraction of sp³-hybridized carbons (Fsp3) is 0.333. The number of hydrogen-bond donors (Lipinski definition) is 1. The highest BCUT2D eigenvalue weighted by Gasteiger charge is 2.22. The second-order valence-corrected chi connectivity index (χ2v) is 6.10. The van der Waals surface area contributed by atoms with Gasteiger partial charge in [-0.25, -0.2) is 9.97 Å². The van der Waals surface area contributed by atoms with Crippen molar-refractivity contribution in [3.8, 4) is 6.07 Å². The van der Waals surface area contributed by atoms with Gasteiger partial charge in [0.15, 0.2) is 0 Å². The van der Waals surface area contributed by atoms with Crippen LogP contribution in [0.4, 0.5) is 11.5 Å². The fourth-order valence-corrected chi connectivity index (χ4v) is 2.69. The lowest BCUT2D eigenvalue weighted by molar-refractivity contribution is 0.0658. The van der Waals surface area contributed by atoms with Gasteiger partial charge in [-0.05, 0) is 38.2 Å². The van der Waals surface area contributed by atoms with E-state index in [0.29, 0.717) is 36.0 Å². The summed E-state index contributed by atoms with van der Waals surface area (Å²) >= 11 is 0. The Hall–Kier alpha value is -2.98. The number of carbonyl (C=O) groups excluding carboxylic acids is 1. The molecule has 2 heterocycles. The molecule has 1 N–H and O–H groups in total. The van der Waals surface area contributed by atoms with Gasteiger partial charge < -0.3 is 15.1 Å². The number of piperazine rings is 1. The van der Waals surface area contributed by atoms with Gasteiger partial charge in [-0.15, -0.1) is 0 Å². The van der Waals surface area contributed by atoms with E-state index in [4.69, 9.17) is 5.26 Å². The van der Waals surface area contributed by atoms with Crippen LogP contribution >= 0.6 is 0 Å². The standard InChI is InChI=1S/C18H20N6O/c1-13-20-16(18(25)24-9-7-23(2)8-10-24)11-17(21-13)22-15-5-3-14(12-19)4-6-15/h3-6,11H,7-10H2,1-2H3,(H,20,21,22). The predicted octanol–water partition coefficient (Wildman–Crippen LogP) is 1.79. The van der Waals surface area contributed by atoms with Crippen LogP contribution in [-0.4, -0.2) is 58.9 Å². The number of aryl methyl sites for hydroxylation is 1. The zero-order valence-corrected chi connectivity index (χ0v) is 14.4. The van der Waals surface area contributed by atoms with E-state index in [9.17, 15) is 4.79 Å². The minimum absolute atomic E-state index is 0.0681. The molecule has 0 radical (unpaired) electrons. The average Bonchev–Trinajstić information content (AvgIpc) is 2.62. The van der Waals surface area contributed by atoms with Crippen molar-refractivity contribution in [3.63, 3.8) is 0 Å². The Balaban J connectivity index is 1.77. The van der Waals surface area contributed by atoms with Gasteiger partial charge >= 0.3 is 0 Å². The summed E-state index contributed by atoms with van der Waals surface area (Å²) in [4.78, 5) is 25.4. The first-order chi connectivity index (χ1) is 12.0. The van der Waals surface area contributed by atoms with Crippen LogP contribution in [0.1, 0.15) is 21.9 Å². The number of rotatable bonds is 3. The minimum Gasteiger partial charge on any atom is -0.340 e. The number of anilines is 2. The topological polar surface area (TPSA) is 85.1 Å². The number of nitrogens with one attached hydrogen (secondary N) is 1. The maximum Gasteiger partial charge on any atom is 0.272 e. The van der Waals surface area contributed by atoms with Crippen molar-refractivity contribution in [1.29, 1.82) is 5.26 Å². The summed E-state index contributed by atoms with van der Waals surface area (Å²) in [6.07, 6.45) is 0. The normalized spacial score (nSPS) is 14.8. The van der Waals surface area contributed by atoms with E-state index < -0.39 is 0 Å². The molecule has 0 atom stereocenters. The van der Waals surface area contributed by atoms with Gasteiger partial charge in [0, 0.05) is 37.9 Å². The molecule has 7 nitrogen and oxygen atoms in total. The van der Waals surface area contributed by atoms with Crippen molar-refractivity contribution in [2.45, 2.75) is 6.92 Å². The third-order valence-electron chi connectivity index (χ3n) is 4.13. The van der Waals surface area contributed by atoms with E-state index in [1.54, 1.807) is 37.3 Å². The van der Waals surface area contributed by atoms with Crippen molar-refractivity contribution in [3.05, 3.63) is 47.4 Å². The van der Waals surface area contributed by atoms with E-state index in [-0.39, 0.29) is 5.91 Å². The zero-order valence-electron chi connectivity index (χ0n) is 14.4. The average molecular weight is 336 g/mol. The molecule has 1 fully saturated rings. The SMILES string of the molecule is Cc1nc(Nc2ccc(C#N)cc2)cc(C(=O)N2CCN(C)CC2)n1. The highest BCUT2D eigenvalue weighted by atomic mass is 16.2. The fourth-order valence-electron chi connectivity index (χ4n) is 2.69. The van der Waals surface area contributed by atoms with Crippen molar-refractivity contribution < 1.29 is 4.79 Å². The molecule has 0 saturated carbocycles. The highest BCUT2D eigenvalue weighted by molar-refractivity contribution is 5.93. The van der Waals surface area contributed by atoms with Crippen LogP contribution in [-0.2, 0) is 0 Å². The first-order valence-corrected chi connectivity index (χ1v) is 8.16. The Bertz CT molecular complexity index is 803. The molecule has 128 valence electrons. The summed E-state index contributed by atoms with van der Waals surface area (Å²) < 4.78 is 0. The lowest BCUT2D eigenvalue weighted by Gasteiger charge is -2.32. The summed E-state index contributed by atoms with van der Waals surface area (Å²) in [5.74, 6) is 1.03. The van der Waals surface area contributed by atoms with Crippen LogP contribution in [0, 0.1) is 18.3 Å². The van der Waals surface area contributed by atoms with E-state index in [1.165, 1.54) is 0 Å². The number of amides is 1. The molecule has 7 heteroatoms. The van der Waals surface area contributed by atoms with E-state index >= 15 is 0 Å². The summed E-state index contributed by atoms with van der Waals surface area (Å²) in [7, 11) is 2.05. The Kier molecular flexibility index (Phi) is 4.91. The Morgan fingerprint density at radius 2 is 1.84 bits per heavy atom. The third-order valence-corrected chi connectivity index (χ3v) is 4.13. The molecule has 1 amide bonds. The molecule has 1 aromatic carbocycles. The van der Waals surface area contributed by atoms with Gasteiger partial charge in [0.1, 0.15) is 17.3 Å². The molecule has 1 saturated heterocycles. The van der Waals surface area contributed by atoms with Gasteiger partial charge in [0.05, 0.1) is 11.6 Å². The molecule has 2 aromatic rings. The number of hydrogen-bond acceptors (Lipinski definition) is 6. The Labute approximate surface area is 146 Å². The van der Waals surface area contributed by atoms with Crippen LogP contribution < -0.4 is 5.32 Å². The number of benzene rings is 1. The molecule has 25 heavy (non-hydrogen) atoms. The van der Waals surface area contributed by atoms with Crippen LogP contribution in [0.15, 0.2) is 30.3 Å². The van der Waals surface area contributed by atoms with Crippen molar-refractivity contribution in [2.75, 3.05) is 38.5 Å². The summed E-state index contributed by atoms with van der Waals surface area (Å²) in [6.45, 7) is 4.91. The molecular formula is C18H20N6O. The summed E-state index contributed by atoms with van der Waals surface area (Å²) in [5.41, 5.74) is 1.79. The van der Waals surface area contributed by atoms with Gasteiger partial charge in [0.2, 0.25) is 0 Å². The number of nitriles is 1. The van der Waals surface area contributed by atoms with Crippen LogP contribution in [0.25, 0.3) is 0 Å². The molecule has 0 spiro atoms. The van der Waals surface area contributed by atoms with Crippen LogP contribution in [0.5, 0.6) is 0 Å². The first kappa shape index (κ1) is 16.9. The Morgan fingerprint density at radius 1 is 1.16 bits per heavy atom. The summed E-state index contributed by atoms with van der Waals surface area (Å²) in [6, 6.07) is 10.8. The maximum atomic E-state index is 12.7. The molecule has 3 rings (SSSR count). The maximum absolute atomic E-state index is 12.7. The first-order valence-electron chi connectivity index (χ1n) is 8.16. The molecule has 1 aliphatic rings. The van der Waals surface area contributed by atoms with E-state index in [2.05, 4.69) is 33.3 Å². The third kappa shape index (κ3) is 4.11. The van der Waals surface area contributed by atoms with E-state index in [0.717, 1.165) is 18.8 Å². The molecule has 0 aliphatic carbocycles. The van der Waals surface area contributed by atoms with Crippen molar-refractivity contribution in [2.24, 2.45) is 0 Å². The lowest BCUT2D eigenvalue weighted by Crippen LogP contribution is -2.47. The van der Waals surface area contributed by atoms with Gasteiger partial charge in [0.25, 0.3) is 5.91 Å². The highest BCUT2D eigenvalue weighted by Crippen LogP contribution is 2.17. The lowest BCUT2D eigenvalue weighted by atomic mass is 10.2. The molecule has 1 aliphatic heterocycles. The predicted molar refractivity (Wildman–Crippen MR) is 94.6 cm³/mol. The molecular weight excluding hydrogens is 316 g/mol. The van der Waals surface area contributed by atoms with Gasteiger partial charge in [-0.2, -0.15) is 5.26 Å². The summed E-state index contributed by atoms with van der Waals surface area (Å²) in [5, 5.41) is 12.0. The number of aromatic nitrogens is 2. The molecule has 0 bridgehead atoms. The van der Waals surface area contributed by atoms with Gasteiger partial charge in [-0.3, -0.25) is 4.79 Å². The molecule has 0 unspecified atom stereocenters. The second-order valence-electron chi connectivity index (χ2n) is 6.10. The second kappa shape index (κ2) is 7.28. The molecule has 1 aromatic heterocycles. The van der Waals surface area contributed by atoms with Crippen LogP contribution in [0.3, 0.4) is 0 Å². The monoisotopic (exact) mass is 336 g/mol. The Morgan fingerprint density at radius 3 is 2.48 bits per heavy atom. The van der Waals surface area contributed by atoms with E-state index in [1.807, 2.05) is 4.90 Å². The number of carbonyl (C=O) groups is 1. The minimum atomic E-state index is -0.0681. The van der Waals surface area contributed by atoms with Crippen molar-refractivity contribution in [1.82, 2.24) is 19.8 Å². The smallest absolute Gasteiger partial charge is 0.272 e. The number of nitrogens with zero attached hydrogens (tertiary/aromatic N) is 5. The number of likely N-dealkylation sites (N-methyl/N-ethyl adjacent to an activating group) is 1. The van der Waals surface area contributed by atoms with Gasteiger partial charge in [-0.1, -0.05) is 0 Å². The van der Waals surface area contributed by atoms with Crippen LogP contribution in [0.2, 0.25) is 0 Å². The van der Waals surface area contributed by atoms with Crippen molar-refractivity contribution >= 4 is 17.4 Å². The largest absolute Gasteiger partial charge is 0.340 e. The zero-order chi connectivity index (χ0) is 17.8. The quantitative estimate of drug-likeness (QED) is 0.920.